The standard InChI is InChI=1S/C24H19FN4O2/c1-3-16-19(25)7-6-14-10-15(30)11-17(22(14)16)20-12-21-18(13-26-24(28-21)31-2)23(27-20)29-8-4-5-9-29/h1,6-7,10-13,30H,4-5,8-9H2,2H3. The van der Waals surface area contributed by atoms with Gasteiger partial charge in [-0.1, -0.05) is 12.0 Å². The van der Waals surface area contributed by atoms with Gasteiger partial charge in [-0.15, -0.1) is 6.42 Å². The van der Waals surface area contributed by atoms with E-state index in [1.807, 2.05) is 0 Å². The molecule has 0 aliphatic carbocycles. The van der Waals surface area contributed by atoms with Crippen LogP contribution in [0.25, 0.3) is 32.9 Å². The van der Waals surface area contributed by atoms with Crippen LogP contribution in [0.2, 0.25) is 0 Å². The van der Waals surface area contributed by atoms with Gasteiger partial charge in [0, 0.05) is 30.2 Å². The van der Waals surface area contributed by atoms with Crippen molar-refractivity contribution in [1.82, 2.24) is 15.0 Å². The first kappa shape index (κ1) is 19.1. The summed E-state index contributed by atoms with van der Waals surface area (Å²) in [5.41, 5.74) is 1.87. The maximum absolute atomic E-state index is 14.5. The Morgan fingerprint density at radius 3 is 2.71 bits per heavy atom. The predicted octanol–water partition coefficient (Wildman–Crippen LogP) is 4.28. The summed E-state index contributed by atoms with van der Waals surface area (Å²) in [7, 11) is 1.51. The molecule has 0 saturated carbocycles. The van der Waals surface area contributed by atoms with E-state index in [9.17, 15) is 9.50 Å². The van der Waals surface area contributed by atoms with Gasteiger partial charge in [-0.2, -0.15) is 4.98 Å². The quantitative estimate of drug-likeness (QED) is 0.505. The third kappa shape index (κ3) is 3.17. The lowest BCUT2D eigenvalue weighted by atomic mass is 9.96. The van der Waals surface area contributed by atoms with Crippen LogP contribution in [0.4, 0.5) is 10.2 Å². The Morgan fingerprint density at radius 2 is 1.97 bits per heavy atom. The van der Waals surface area contributed by atoms with E-state index in [0.717, 1.165) is 37.1 Å². The molecule has 1 N–H and O–H groups in total. The van der Waals surface area contributed by atoms with Gasteiger partial charge in [0.2, 0.25) is 0 Å². The number of hydrogen-bond donors (Lipinski definition) is 1. The van der Waals surface area contributed by atoms with Crippen molar-refractivity contribution in [1.29, 1.82) is 0 Å². The molecule has 0 unspecified atom stereocenters. The van der Waals surface area contributed by atoms with Gasteiger partial charge < -0.3 is 14.7 Å². The highest BCUT2D eigenvalue weighted by molar-refractivity contribution is 6.03. The predicted molar refractivity (Wildman–Crippen MR) is 118 cm³/mol. The monoisotopic (exact) mass is 414 g/mol. The molecule has 154 valence electrons. The minimum Gasteiger partial charge on any atom is -0.508 e. The van der Waals surface area contributed by atoms with E-state index in [2.05, 4.69) is 20.8 Å². The summed E-state index contributed by atoms with van der Waals surface area (Å²) in [5, 5.41) is 12.3. The third-order valence-corrected chi connectivity index (χ3v) is 5.60. The number of nitrogens with zero attached hydrogens (tertiary/aromatic N) is 4. The van der Waals surface area contributed by atoms with Gasteiger partial charge >= 0.3 is 6.01 Å². The molecule has 0 atom stereocenters. The highest BCUT2D eigenvalue weighted by Gasteiger charge is 2.21. The highest BCUT2D eigenvalue weighted by Crippen LogP contribution is 2.38. The molecule has 4 aromatic rings. The number of fused-ring (bicyclic) bond motifs is 2. The van der Waals surface area contributed by atoms with E-state index in [1.165, 1.54) is 13.2 Å². The lowest BCUT2D eigenvalue weighted by Gasteiger charge is -2.20. The number of halogens is 1. The number of pyridine rings is 1. The van der Waals surface area contributed by atoms with Crippen molar-refractivity contribution < 1.29 is 14.2 Å². The first-order valence-electron chi connectivity index (χ1n) is 9.98. The fraction of sp³-hybridized carbons (Fsp3) is 0.208. The van der Waals surface area contributed by atoms with E-state index < -0.39 is 5.82 Å². The maximum Gasteiger partial charge on any atom is 0.316 e. The van der Waals surface area contributed by atoms with Gasteiger partial charge in [0.1, 0.15) is 17.4 Å². The van der Waals surface area contributed by atoms with Crippen LogP contribution < -0.4 is 9.64 Å². The number of anilines is 1. The van der Waals surface area contributed by atoms with Crippen molar-refractivity contribution in [2.75, 3.05) is 25.1 Å². The van der Waals surface area contributed by atoms with Gasteiger partial charge in [-0.25, -0.2) is 14.4 Å². The number of rotatable bonds is 3. The first-order chi connectivity index (χ1) is 15.1. The Balaban J connectivity index is 1.86. The van der Waals surface area contributed by atoms with Crippen LogP contribution in [0.1, 0.15) is 18.4 Å². The molecule has 31 heavy (non-hydrogen) atoms. The molecule has 6 nitrogen and oxygen atoms in total. The molecule has 0 bridgehead atoms. The average Bonchev–Trinajstić information content (AvgIpc) is 3.32. The Hall–Kier alpha value is -3.92. The molecule has 1 saturated heterocycles. The van der Waals surface area contributed by atoms with Crippen LogP contribution in [0.15, 0.2) is 36.5 Å². The summed E-state index contributed by atoms with van der Waals surface area (Å²) in [4.78, 5) is 15.8. The van der Waals surface area contributed by atoms with Crippen molar-refractivity contribution in [2.24, 2.45) is 0 Å². The summed E-state index contributed by atoms with van der Waals surface area (Å²) in [5.74, 6) is 2.75. The SMILES string of the molecule is C#Cc1c(F)ccc2cc(O)cc(-c3cc4nc(OC)ncc4c(N4CCCC4)n3)c12. The van der Waals surface area contributed by atoms with Gasteiger partial charge in [-0.3, -0.25) is 0 Å². The number of phenols is 1. The van der Waals surface area contributed by atoms with Crippen LogP contribution in [0, 0.1) is 18.2 Å². The van der Waals surface area contributed by atoms with Gasteiger partial charge in [0.05, 0.1) is 29.3 Å². The summed E-state index contributed by atoms with van der Waals surface area (Å²) >= 11 is 0. The fourth-order valence-electron chi connectivity index (χ4n) is 4.17. The minimum absolute atomic E-state index is 0.0435. The zero-order valence-corrected chi connectivity index (χ0v) is 16.9. The van der Waals surface area contributed by atoms with Crippen LogP contribution in [-0.2, 0) is 0 Å². The van der Waals surface area contributed by atoms with Crippen LogP contribution in [-0.4, -0.2) is 40.3 Å². The largest absolute Gasteiger partial charge is 0.508 e. The Morgan fingerprint density at radius 1 is 1.16 bits per heavy atom. The first-order valence-corrected chi connectivity index (χ1v) is 9.98. The highest BCUT2D eigenvalue weighted by atomic mass is 19.1. The molecule has 2 aromatic carbocycles. The van der Waals surface area contributed by atoms with Crippen molar-refractivity contribution in [3.8, 4) is 35.4 Å². The second-order valence-electron chi connectivity index (χ2n) is 7.47. The van der Waals surface area contributed by atoms with Crippen molar-refractivity contribution in [3.05, 3.63) is 47.9 Å². The van der Waals surface area contributed by atoms with E-state index in [0.29, 0.717) is 27.5 Å². The van der Waals surface area contributed by atoms with E-state index in [-0.39, 0.29) is 17.3 Å². The summed E-state index contributed by atoms with van der Waals surface area (Å²) in [6, 6.07) is 8.06. The normalized spacial score (nSPS) is 13.6. The number of aromatic nitrogens is 3. The number of phenolic OH excluding ortho intramolecular Hbond substituents is 1. The zero-order chi connectivity index (χ0) is 21.5. The van der Waals surface area contributed by atoms with Crippen molar-refractivity contribution in [2.45, 2.75) is 12.8 Å². The topological polar surface area (TPSA) is 71.4 Å². The second kappa shape index (κ2) is 7.40. The Labute approximate surface area is 178 Å². The summed E-state index contributed by atoms with van der Waals surface area (Å²) < 4.78 is 19.7. The molecule has 0 amide bonds. The Bertz CT molecular complexity index is 1370. The van der Waals surface area contributed by atoms with Crippen molar-refractivity contribution in [3.63, 3.8) is 0 Å². The van der Waals surface area contributed by atoms with Crippen LogP contribution in [0.3, 0.4) is 0 Å². The molecule has 0 spiro atoms. The molecule has 2 aromatic heterocycles. The maximum atomic E-state index is 14.5. The molecule has 0 radical (unpaired) electrons. The van der Waals surface area contributed by atoms with Crippen molar-refractivity contribution >= 4 is 27.5 Å². The summed E-state index contributed by atoms with van der Waals surface area (Å²) in [6.07, 6.45) is 9.50. The van der Waals surface area contributed by atoms with E-state index >= 15 is 0 Å². The molecule has 7 heteroatoms. The molecular formula is C24H19FN4O2. The molecular weight excluding hydrogens is 395 g/mol. The molecule has 1 aliphatic rings. The minimum atomic E-state index is -0.494. The second-order valence-corrected chi connectivity index (χ2v) is 7.47. The number of methoxy groups -OCH3 is 1. The number of hydrogen-bond acceptors (Lipinski definition) is 6. The zero-order valence-electron chi connectivity index (χ0n) is 16.9. The molecule has 3 heterocycles. The smallest absolute Gasteiger partial charge is 0.316 e. The Kier molecular flexibility index (Phi) is 4.55. The van der Waals surface area contributed by atoms with Gasteiger partial charge in [0.25, 0.3) is 0 Å². The fourth-order valence-corrected chi connectivity index (χ4v) is 4.17. The van der Waals surface area contributed by atoms with Gasteiger partial charge in [0.15, 0.2) is 0 Å². The number of aromatic hydroxyl groups is 1. The van der Waals surface area contributed by atoms with Gasteiger partial charge in [-0.05, 0) is 42.5 Å². The molecule has 1 aliphatic heterocycles. The number of ether oxygens (including phenoxy) is 1. The van der Waals surface area contributed by atoms with Crippen LogP contribution in [0.5, 0.6) is 11.8 Å². The van der Waals surface area contributed by atoms with E-state index in [1.54, 1.807) is 30.5 Å². The third-order valence-electron chi connectivity index (χ3n) is 5.60. The lowest BCUT2D eigenvalue weighted by Crippen LogP contribution is -2.19. The average molecular weight is 414 g/mol. The number of terminal acetylenes is 1. The summed E-state index contributed by atoms with van der Waals surface area (Å²) in [6.45, 7) is 1.76. The number of benzene rings is 2. The molecule has 1 fully saturated rings. The van der Waals surface area contributed by atoms with E-state index in [4.69, 9.17) is 16.1 Å². The molecule has 5 rings (SSSR count). The van der Waals surface area contributed by atoms with Crippen LogP contribution >= 0.6 is 0 Å². The lowest BCUT2D eigenvalue weighted by molar-refractivity contribution is 0.382.